The summed E-state index contributed by atoms with van der Waals surface area (Å²) in [6.07, 6.45) is -1.51. The standard InChI is InChI=1S/C6H13NO3/c1-3-6(9)4(7)2-5(8)10-3/h3-6,8-9H,2,7H2,1H3/t3-,4+,5?,6+/m0/s1. The van der Waals surface area contributed by atoms with E-state index in [4.69, 9.17) is 15.6 Å². The molecule has 4 nitrogen and oxygen atoms in total. The zero-order valence-corrected chi connectivity index (χ0v) is 5.90. The van der Waals surface area contributed by atoms with E-state index in [1.807, 2.05) is 0 Å². The van der Waals surface area contributed by atoms with Crippen LogP contribution in [0.4, 0.5) is 0 Å². The zero-order valence-electron chi connectivity index (χ0n) is 5.90. The van der Waals surface area contributed by atoms with Crippen LogP contribution < -0.4 is 5.73 Å². The van der Waals surface area contributed by atoms with Gasteiger partial charge in [-0.15, -0.1) is 0 Å². The first-order valence-electron chi connectivity index (χ1n) is 3.38. The number of ether oxygens (including phenoxy) is 1. The molecule has 0 amide bonds. The summed E-state index contributed by atoms with van der Waals surface area (Å²) in [5.41, 5.74) is 5.47. The van der Waals surface area contributed by atoms with Gasteiger partial charge in [0, 0.05) is 12.5 Å². The molecule has 1 unspecified atom stereocenters. The van der Waals surface area contributed by atoms with Crippen molar-refractivity contribution >= 4 is 0 Å². The fraction of sp³-hybridized carbons (Fsp3) is 1.00. The SMILES string of the molecule is C[C@@H]1OC(O)C[C@@H](N)[C@@H]1O. The van der Waals surface area contributed by atoms with Crippen LogP contribution in [0.1, 0.15) is 13.3 Å². The number of aliphatic hydroxyl groups is 2. The van der Waals surface area contributed by atoms with Crippen molar-refractivity contribution in [3.05, 3.63) is 0 Å². The first-order valence-corrected chi connectivity index (χ1v) is 3.38. The van der Waals surface area contributed by atoms with Crippen LogP contribution >= 0.6 is 0 Å². The van der Waals surface area contributed by atoms with E-state index < -0.39 is 12.4 Å². The molecule has 1 saturated heterocycles. The Balaban J connectivity index is 2.49. The van der Waals surface area contributed by atoms with Gasteiger partial charge in [0.05, 0.1) is 12.2 Å². The molecule has 0 bridgehead atoms. The monoisotopic (exact) mass is 147 g/mol. The summed E-state index contributed by atoms with van der Waals surface area (Å²) in [5.74, 6) is 0. The largest absolute Gasteiger partial charge is 0.389 e. The molecule has 1 rings (SSSR count). The molecule has 4 heteroatoms. The van der Waals surface area contributed by atoms with Crippen molar-refractivity contribution in [1.82, 2.24) is 0 Å². The lowest BCUT2D eigenvalue weighted by Gasteiger charge is -2.33. The van der Waals surface area contributed by atoms with E-state index in [0.29, 0.717) is 6.42 Å². The van der Waals surface area contributed by atoms with Crippen LogP contribution in [0, 0.1) is 0 Å². The zero-order chi connectivity index (χ0) is 7.72. The van der Waals surface area contributed by atoms with Crippen molar-refractivity contribution in [3.63, 3.8) is 0 Å². The maximum atomic E-state index is 9.20. The highest BCUT2D eigenvalue weighted by atomic mass is 16.6. The van der Waals surface area contributed by atoms with Gasteiger partial charge in [-0.05, 0) is 6.92 Å². The minimum atomic E-state index is -0.812. The molecule has 4 N–H and O–H groups in total. The van der Waals surface area contributed by atoms with E-state index in [0.717, 1.165) is 0 Å². The van der Waals surface area contributed by atoms with Crippen LogP contribution in [0.25, 0.3) is 0 Å². The van der Waals surface area contributed by atoms with Gasteiger partial charge in [0.25, 0.3) is 0 Å². The van der Waals surface area contributed by atoms with Crippen LogP contribution in [0.2, 0.25) is 0 Å². The molecule has 1 heterocycles. The molecule has 1 aliphatic heterocycles. The van der Waals surface area contributed by atoms with Crippen molar-refractivity contribution in [1.29, 1.82) is 0 Å². The van der Waals surface area contributed by atoms with Crippen molar-refractivity contribution in [3.8, 4) is 0 Å². The number of aliphatic hydroxyl groups excluding tert-OH is 2. The number of hydrogen-bond acceptors (Lipinski definition) is 4. The van der Waals surface area contributed by atoms with Crippen LogP contribution in [0.5, 0.6) is 0 Å². The summed E-state index contributed by atoms with van der Waals surface area (Å²) < 4.78 is 4.89. The third-order valence-electron chi connectivity index (χ3n) is 1.77. The second-order valence-corrected chi connectivity index (χ2v) is 2.69. The fourth-order valence-electron chi connectivity index (χ4n) is 1.10. The summed E-state index contributed by atoms with van der Waals surface area (Å²) in [6.45, 7) is 1.69. The molecule has 0 aromatic rings. The molecular formula is C6H13NO3. The number of nitrogens with two attached hydrogens (primary N) is 1. The minimum Gasteiger partial charge on any atom is -0.389 e. The van der Waals surface area contributed by atoms with Crippen molar-refractivity contribution in [2.75, 3.05) is 0 Å². The van der Waals surface area contributed by atoms with Gasteiger partial charge in [0.15, 0.2) is 6.29 Å². The third-order valence-corrected chi connectivity index (χ3v) is 1.77. The van der Waals surface area contributed by atoms with Crippen LogP contribution in [0.15, 0.2) is 0 Å². The second kappa shape index (κ2) is 2.84. The molecular weight excluding hydrogens is 134 g/mol. The summed E-state index contributed by atoms with van der Waals surface area (Å²) in [4.78, 5) is 0. The Morgan fingerprint density at radius 1 is 1.50 bits per heavy atom. The number of hydrogen-bond donors (Lipinski definition) is 3. The Kier molecular flexibility index (Phi) is 2.25. The van der Waals surface area contributed by atoms with Crippen molar-refractivity contribution < 1.29 is 14.9 Å². The van der Waals surface area contributed by atoms with Gasteiger partial charge in [0.2, 0.25) is 0 Å². The molecule has 0 saturated carbocycles. The first kappa shape index (κ1) is 7.94. The molecule has 0 aromatic heterocycles. The minimum absolute atomic E-state index is 0.311. The Morgan fingerprint density at radius 2 is 2.10 bits per heavy atom. The normalized spacial score (nSPS) is 49.2. The first-order chi connectivity index (χ1) is 4.61. The molecule has 1 aliphatic rings. The van der Waals surface area contributed by atoms with Gasteiger partial charge < -0.3 is 20.7 Å². The van der Waals surface area contributed by atoms with Gasteiger partial charge in [0.1, 0.15) is 0 Å². The number of rotatable bonds is 0. The highest BCUT2D eigenvalue weighted by Crippen LogP contribution is 2.16. The molecule has 60 valence electrons. The maximum Gasteiger partial charge on any atom is 0.156 e. The predicted molar refractivity (Wildman–Crippen MR) is 35.2 cm³/mol. The van der Waals surface area contributed by atoms with E-state index in [9.17, 15) is 5.11 Å². The van der Waals surface area contributed by atoms with Gasteiger partial charge in [-0.2, -0.15) is 0 Å². The topological polar surface area (TPSA) is 75.7 Å². The molecule has 0 spiro atoms. The average Bonchev–Trinajstić information content (AvgIpc) is 1.82. The smallest absolute Gasteiger partial charge is 0.156 e. The van der Waals surface area contributed by atoms with Crippen molar-refractivity contribution in [2.45, 2.75) is 37.9 Å². The Morgan fingerprint density at radius 3 is 2.60 bits per heavy atom. The molecule has 0 aromatic carbocycles. The van der Waals surface area contributed by atoms with Crippen LogP contribution in [-0.2, 0) is 4.74 Å². The van der Waals surface area contributed by atoms with E-state index in [2.05, 4.69) is 0 Å². The van der Waals surface area contributed by atoms with Crippen LogP contribution in [0.3, 0.4) is 0 Å². The summed E-state index contributed by atoms with van der Waals surface area (Å²) in [5, 5.41) is 18.2. The lowest BCUT2D eigenvalue weighted by molar-refractivity contribution is -0.198. The Labute approximate surface area is 59.6 Å². The predicted octanol–water partition coefficient (Wildman–Crippen LogP) is -1.20. The summed E-state index contributed by atoms with van der Waals surface area (Å²) in [6, 6.07) is -0.362. The van der Waals surface area contributed by atoms with Gasteiger partial charge in [-0.3, -0.25) is 0 Å². The van der Waals surface area contributed by atoms with Crippen molar-refractivity contribution in [2.24, 2.45) is 5.73 Å². The van der Waals surface area contributed by atoms with Gasteiger partial charge in [-0.25, -0.2) is 0 Å². The lowest BCUT2D eigenvalue weighted by atomic mass is 10.0. The summed E-state index contributed by atoms with van der Waals surface area (Å²) >= 11 is 0. The second-order valence-electron chi connectivity index (χ2n) is 2.69. The van der Waals surface area contributed by atoms with E-state index in [-0.39, 0.29) is 12.1 Å². The third kappa shape index (κ3) is 1.46. The maximum absolute atomic E-state index is 9.20. The fourth-order valence-corrected chi connectivity index (χ4v) is 1.10. The molecule has 10 heavy (non-hydrogen) atoms. The molecule has 4 atom stereocenters. The van der Waals surface area contributed by atoms with Crippen LogP contribution in [-0.4, -0.2) is 34.8 Å². The molecule has 0 aliphatic carbocycles. The molecule has 1 fully saturated rings. The Bertz CT molecular complexity index is 108. The molecule has 0 radical (unpaired) electrons. The van der Waals surface area contributed by atoms with Gasteiger partial charge in [-0.1, -0.05) is 0 Å². The highest BCUT2D eigenvalue weighted by molar-refractivity contribution is 4.82. The van der Waals surface area contributed by atoms with Gasteiger partial charge >= 0.3 is 0 Å². The lowest BCUT2D eigenvalue weighted by Crippen LogP contribution is -2.51. The average molecular weight is 147 g/mol. The highest BCUT2D eigenvalue weighted by Gasteiger charge is 2.31. The van der Waals surface area contributed by atoms with E-state index in [1.165, 1.54) is 0 Å². The quantitative estimate of drug-likeness (QED) is 0.402. The van der Waals surface area contributed by atoms with E-state index in [1.54, 1.807) is 6.92 Å². The Hall–Kier alpha value is -0.160. The summed E-state index contributed by atoms with van der Waals surface area (Å²) in [7, 11) is 0. The van der Waals surface area contributed by atoms with E-state index >= 15 is 0 Å².